The van der Waals surface area contributed by atoms with E-state index < -0.39 is 0 Å². The normalized spacial score (nSPS) is 21.5. The minimum atomic E-state index is 0.475. The number of ether oxygens (including phenoxy) is 1. The second kappa shape index (κ2) is 5.58. The molecule has 13 heavy (non-hydrogen) atoms. The SMILES string of the molecule is COCCC(C)C(CC1CC1)NN. The Morgan fingerprint density at radius 1 is 1.54 bits per heavy atom. The third-order valence-corrected chi connectivity index (χ3v) is 2.96. The van der Waals surface area contributed by atoms with E-state index in [-0.39, 0.29) is 0 Å². The van der Waals surface area contributed by atoms with E-state index in [1.807, 2.05) is 0 Å². The summed E-state index contributed by atoms with van der Waals surface area (Å²) >= 11 is 0. The molecule has 3 nitrogen and oxygen atoms in total. The van der Waals surface area contributed by atoms with Crippen molar-refractivity contribution in [3.05, 3.63) is 0 Å². The van der Waals surface area contributed by atoms with Crippen LogP contribution in [0.5, 0.6) is 0 Å². The average Bonchev–Trinajstić information content (AvgIpc) is 2.93. The molecule has 78 valence electrons. The molecule has 1 fully saturated rings. The van der Waals surface area contributed by atoms with Crippen molar-refractivity contribution in [1.29, 1.82) is 0 Å². The molecule has 0 bridgehead atoms. The predicted octanol–water partition coefficient (Wildman–Crippen LogP) is 1.29. The standard InChI is InChI=1S/C10H22N2O/c1-8(5-6-13-2)10(12-11)7-9-3-4-9/h8-10,12H,3-7,11H2,1-2H3. The molecule has 1 aliphatic carbocycles. The Kier molecular flexibility index (Phi) is 4.70. The van der Waals surface area contributed by atoms with Gasteiger partial charge in [-0.2, -0.15) is 0 Å². The fourth-order valence-corrected chi connectivity index (χ4v) is 1.68. The van der Waals surface area contributed by atoms with Crippen LogP contribution in [0.15, 0.2) is 0 Å². The summed E-state index contributed by atoms with van der Waals surface area (Å²) in [7, 11) is 1.75. The summed E-state index contributed by atoms with van der Waals surface area (Å²) in [6.45, 7) is 3.08. The van der Waals surface area contributed by atoms with E-state index in [0.717, 1.165) is 18.9 Å². The van der Waals surface area contributed by atoms with E-state index in [1.165, 1.54) is 19.3 Å². The third-order valence-electron chi connectivity index (χ3n) is 2.96. The van der Waals surface area contributed by atoms with E-state index in [1.54, 1.807) is 7.11 Å². The van der Waals surface area contributed by atoms with Crippen molar-refractivity contribution in [2.45, 2.75) is 38.6 Å². The predicted molar refractivity (Wildman–Crippen MR) is 54.1 cm³/mol. The first-order valence-corrected chi connectivity index (χ1v) is 5.23. The maximum atomic E-state index is 5.53. The molecule has 1 saturated carbocycles. The van der Waals surface area contributed by atoms with Gasteiger partial charge in [0.25, 0.3) is 0 Å². The van der Waals surface area contributed by atoms with Crippen LogP contribution in [0.4, 0.5) is 0 Å². The van der Waals surface area contributed by atoms with Gasteiger partial charge in [0.1, 0.15) is 0 Å². The highest BCUT2D eigenvalue weighted by atomic mass is 16.5. The molecule has 2 unspecified atom stereocenters. The van der Waals surface area contributed by atoms with Crippen LogP contribution in [0.3, 0.4) is 0 Å². The van der Waals surface area contributed by atoms with Crippen LogP contribution in [-0.4, -0.2) is 19.8 Å². The lowest BCUT2D eigenvalue weighted by atomic mass is 9.94. The molecule has 0 saturated heterocycles. The molecule has 3 N–H and O–H groups in total. The molecule has 3 heteroatoms. The number of nitrogens with two attached hydrogens (primary N) is 1. The zero-order valence-electron chi connectivity index (χ0n) is 8.75. The van der Waals surface area contributed by atoms with Gasteiger partial charge in [0.2, 0.25) is 0 Å². The maximum absolute atomic E-state index is 5.53. The van der Waals surface area contributed by atoms with Gasteiger partial charge in [0.05, 0.1) is 0 Å². The minimum Gasteiger partial charge on any atom is -0.385 e. The van der Waals surface area contributed by atoms with Crippen LogP contribution < -0.4 is 11.3 Å². The van der Waals surface area contributed by atoms with Crippen LogP contribution in [0.1, 0.15) is 32.6 Å². The molecule has 0 spiro atoms. The van der Waals surface area contributed by atoms with Crippen molar-refractivity contribution in [2.24, 2.45) is 17.7 Å². The van der Waals surface area contributed by atoms with Crippen molar-refractivity contribution in [3.63, 3.8) is 0 Å². The first-order chi connectivity index (χ1) is 6.27. The van der Waals surface area contributed by atoms with Crippen LogP contribution in [-0.2, 0) is 4.74 Å². The molecule has 0 aromatic heterocycles. The van der Waals surface area contributed by atoms with Crippen molar-refractivity contribution < 1.29 is 4.74 Å². The summed E-state index contributed by atoms with van der Waals surface area (Å²) in [5.41, 5.74) is 2.93. The highest BCUT2D eigenvalue weighted by Crippen LogP contribution is 2.35. The van der Waals surface area contributed by atoms with Crippen molar-refractivity contribution >= 4 is 0 Å². The molecule has 0 aromatic rings. The summed E-state index contributed by atoms with van der Waals surface area (Å²) < 4.78 is 5.06. The fourth-order valence-electron chi connectivity index (χ4n) is 1.68. The zero-order chi connectivity index (χ0) is 9.68. The average molecular weight is 186 g/mol. The highest BCUT2D eigenvalue weighted by Gasteiger charge is 2.27. The highest BCUT2D eigenvalue weighted by molar-refractivity contribution is 4.81. The van der Waals surface area contributed by atoms with Gasteiger partial charge in [-0.1, -0.05) is 19.8 Å². The van der Waals surface area contributed by atoms with Crippen LogP contribution in [0.25, 0.3) is 0 Å². The number of hydrogen-bond donors (Lipinski definition) is 2. The number of hydrazine groups is 1. The number of hydrogen-bond acceptors (Lipinski definition) is 3. The molecular weight excluding hydrogens is 164 g/mol. The lowest BCUT2D eigenvalue weighted by molar-refractivity contribution is 0.167. The molecule has 0 aromatic carbocycles. The Morgan fingerprint density at radius 3 is 2.69 bits per heavy atom. The minimum absolute atomic E-state index is 0.475. The van der Waals surface area contributed by atoms with Crippen molar-refractivity contribution in [1.82, 2.24) is 5.43 Å². The number of nitrogens with one attached hydrogen (secondary N) is 1. The summed E-state index contributed by atoms with van der Waals surface area (Å²) in [6, 6.07) is 0.475. The summed E-state index contributed by atoms with van der Waals surface area (Å²) in [6.07, 6.45) is 5.13. The van der Waals surface area contributed by atoms with E-state index in [9.17, 15) is 0 Å². The number of rotatable bonds is 7. The van der Waals surface area contributed by atoms with Crippen LogP contribution in [0, 0.1) is 11.8 Å². The van der Waals surface area contributed by atoms with E-state index >= 15 is 0 Å². The quantitative estimate of drug-likeness (QED) is 0.465. The second-order valence-electron chi connectivity index (χ2n) is 4.21. The molecule has 1 rings (SSSR count). The number of methoxy groups -OCH3 is 1. The van der Waals surface area contributed by atoms with E-state index in [0.29, 0.717) is 12.0 Å². The molecule has 1 aliphatic rings. The Hall–Kier alpha value is -0.120. The van der Waals surface area contributed by atoms with Gasteiger partial charge in [-0.05, 0) is 24.7 Å². The van der Waals surface area contributed by atoms with Gasteiger partial charge in [0.15, 0.2) is 0 Å². The lowest BCUT2D eigenvalue weighted by Crippen LogP contribution is -2.40. The zero-order valence-corrected chi connectivity index (χ0v) is 8.75. The van der Waals surface area contributed by atoms with Gasteiger partial charge < -0.3 is 4.74 Å². The first-order valence-electron chi connectivity index (χ1n) is 5.23. The van der Waals surface area contributed by atoms with Gasteiger partial charge in [-0.3, -0.25) is 11.3 Å². The van der Waals surface area contributed by atoms with Gasteiger partial charge in [-0.15, -0.1) is 0 Å². The molecule has 0 amide bonds. The summed E-state index contributed by atoms with van der Waals surface area (Å²) in [4.78, 5) is 0. The second-order valence-corrected chi connectivity index (χ2v) is 4.21. The van der Waals surface area contributed by atoms with Crippen LogP contribution in [0.2, 0.25) is 0 Å². The Morgan fingerprint density at radius 2 is 2.23 bits per heavy atom. The molecule has 2 atom stereocenters. The topological polar surface area (TPSA) is 47.3 Å². The fraction of sp³-hybridized carbons (Fsp3) is 1.00. The van der Waals surface area contributed by atoms with Gasteiger partial charge >= 0.3 is 0 Å². The van der Waals surface area contributed by atoms with Crippen molar-refractivity contribution in [2.75, 3.05) is 13.7 Å². The smallest absolute Gasteiger partial charge is 0.0465 e. The van der Waals surface area contributed by atoms with E-state index in [2.05, 4.69) is 12.3 Å². The van der Waals surface area contributed by atoms with Crippen molar-refractivity contribution in [3.8, 4) is 0 Å². The van der Waals surface area contributed by atoms with Gasteiger partial charge in [-0.25, -0.2) is 0 Å². The van der Waals surface area contributed by atoms with Gasteiger partial charge in [0, 0.05) is 19.8 Å². The van der Waals surface area contributed by atoms with Crippen LogP contribution >= 0.6 is 0 Å². The summed E-state index contributed by atoms with van der Waals surface area (Å²) in [5.74, 6) is 7.08. The summed E-state index contributed by atoms with van der Waals surface area (Å²) in [5, 5.41) is 0. The maximum Gasteiger partial charge on any atom is 0.0465 e. The van der Waals surface area contributed by atoms with E-state index in [4.69, 9.17) is 10.6 Å². The molecule has 0 aliphatic heterocycles. The molecule has 0 heterocycles. The largest absolute Gasteiger partial charge is 0.385 e. The lowest BCUT2D eigenvalue weighted by Gasteiger charge is -2.22. The Bertz CT molecular complexity index is 137. The monoisotopic (exact) mass is 186 g/mol. The Labute approximate surface area is 81.0 Å². The Balaban J connectivity index is 2.17. The third kappa shape index (κ3) is 4.07. The first kappa shape index (κ1) is 11.0. The molecule has 0 radical (unpaired) electrons. The molecular formula is C10H22N2O.